The highest BCUT2D eigenvalue weighted by molar-refractivity contribution is 6.30. The van der Waals surface area contributed by atoms with Crippen LogP contribution in [-0.2, 0) is 17.6 Å². The minimum Gasteiger partial charge on any atom is -0.370 e. The fraction of sp³-hybridized carbons (Fsp3) is 0.500. The maximum absolute atomic E-state index is 13.2. The number of nitrogens with one attached hydrogen (secondary N) is 1. The summed E-state index contributed by atoms with van der Waals surface area (Å²) in [5.74, 6) is 1.04. The molecular formula is C28H35ClN6O3. The second-order valence-corrected chi connectivity index (χ2v) is 10.8. The number of likely N-dealkylation sites (tertiary alicyclic amines) is 1. The van der Waals surface area contributed by atoms with Gasteiger partial charge in [0.1, 0.15) is 0 Å². The first kappa shape index (κ1) is 26.4. The third-order valence-corrected chi connectivity index (χ3v) is 8.42. The second-order valence-electron chi connectivity index (χ2n) is 10.4. The van der Waals surface area contributed by atoms with Gasteiger partial charge in [0.25, 0.3) is 6.20 Å². The van der Waals surface area contributed by atoms with E-state index in [1.165, 1.54) is 16.7 Å². The molecule has 1 aliphatic carbocycles. The van der Waals surface area contributed by atoms with Crippen LogP contribution in [0.2, 0.25) is 5.02 Å². The first-order chi connectivity index (χ1) is 18.4. The van der Waals surface area contributed by atoms with Crippen LogP contribution in [0, 0.1) is 16.0 Å². The Balaban J connectivity index is 1.20. The van der Waals surface area contributed by atoms with Crippen LogP contribution in [0.25, 0.3) is 0 Å². The van der Waals surface area contributed by atoms with Crippen molar-refractivity contribution in [2.45, 2.75) is 38.1 Å². The number of halogens is 1. The summed E-state index contributed by atoms with van der Waals surface area (Å²) in [6.07, 6.45) is 7.03. The SMILES string of the molecule is CN/C(=C\[N+](=O)[O-])N1CCC(CC(=O)N2CCN(C3c4ccc(Cl)cc4CCc4cccnc43)CC2)CC1. The number of benzene rings is 1. The minimum absolute atomic E-state index is 0.0659. The van der Waals surface area contributed by atoms with Gasteiger partial charge in [-0.05, 0) is 66.5 Å². The Labute approximate surface area is 228 Å². The zero-order valence-corrected chi connectivity index (χ0v) is 22.6. The van der Waals surface area contributed by atoms with Crippen molar-refractivity contribution in [1.82, 2.24) is 25.0 Å². The average Bonchev–Trinajstić information content (AvgIpc) is 3.09. The maximum atomic E-state index is 13.2. The van der Waals surface area contributed by atoms with E-state index in [1.807, 2.05) is 28.1 Å². The molecule has 3 aliphatic rings. The molecule has 0 radical (unpaired) electrons. The van der Waals surface area contributed by atoms with Crippen molar-refractivity contribution in [3.05, 3.63) is 86.1 Å². The monoisotopic (exact) mass is 538 g/mol. The fourth-order valence-electron chi connectivity index (χ4n) is 6.14. The van der Waals surface area contributed by atoms with Crippen molar-refractivity contribution in [3.8, 4) is 0 Å². The summed E-state index contributed by atoms with van der Waals surface area (Å²) >= 11 is 6.35. The summed E-state index contributed by atoms with van der Waals surface area (Å²) in [6, 6.07) is 10.5. The van der Waals surface area contributed by atoms with Gasteiger partial charge in [-0.1, -0.05) is 23.7 Å². The van der Waals surface area contributed by atoms with Gasteiger partial charge in [0.05, 0.1) is 16.7 Å². The van der Waals surface area contributed by atoms with E-state index in [-0.39, 0.29) is 11.9 Å². The van der Waals surface area contributed by atoms with Crippen LogP contribution in [-0.4, -0.2) is 76.8 Å². The number of rotatable bonds is 6. The summed E-state index contributed by atoms with van der Waals surface area (Å²) < 4.78 is 0. The number of carbonyl (C=O) groups excluding carboxylic acids is 1. The molecule has 1 N–H and O–H groups in total. The highest BCUT2D eigenvalue weighted by Crippen LogP contribution is 2.37. The van der Waals surface area contributed by atoms with E-state index in [2.05, 4.69) is 28.4 Å². The predicted octanol–water partition coefficient (Wildman–Crippen LogP) is 3.46. The van der Waals surface area contributed by atoms with Crippen molar-refractivity contribution in [3.63, 3.8) is 0 Å². The molecule has 2 aliphatic heterocycles. The van der Waals surface area contributed by atoms with E-state index in [0.717, 1.165) is 55.7 Å². The van der Waals surface area contributed by atoms with Gasteiger partial charge in [-0.25, -0.2) is 0 Å². The summed E-state index contributed by atoms with van der Waals surface area (Å²) in [6.45, 7) is 4.42. The first-order valence-corrected chi connectivity index (χ1v) is 13.8. The number of carbonyl (C=O) groups is 1. The molecule has 10 heteroatoms. The fourth-order valence-corrected chi connectivity index (χ4v) is 6.33. The minimum atomic E-state index is -0.432. The number of fused-ring (bicyclic) bond motifs is 2. The molecule has 2 fully saturated rings. The third kappa shape index (κ3) is 5.78. The number of pyridine rings is 1. The predicted molar refractivity (Wildman–Crippen MR) is 146 cm³/mol. The lowest BCUT2D eigenvalue weighted by molar-refractivity contribution is -0.404. The van der Waals surface area contributed by atoms with E-state index >= 15 is 0 Å². The van der Waals surface area contributed by atoms with Crippen molar-refractivity contribution in [2.24, 2.45) is 5.92 Å². The summed E-state index contributed by atoms with van der Waals surface area (Å²) in [4.78, 5) is 34.9. The van der Waals surface area contributed by atoms with Gasteiger partial charge in [-0.3, -0.25) is 24.8 Å². The van der Waals surface area contributed by atoms with Crippen molar-refractivity contribution in [2.75, 3.05) is 46.3 Å². The molecule has 202 valence electrons. The van der Waals surface area contributed by atoms with Gasteiger partial charge < -0.3 is 15.1 Å². The molecule has 3 heterocycles. The summed E-state index contributed by atoms with van der Waals surface area (Å²) in [5.41, 5.74) is 4.95. The van der Waals surface area contributed by atoms with Crippen LogP contribution in [0.4, 0.5) is 0 Å². The van der Waals surface area contributed by atoms with E-state index in [0.29, 0.717) is 44.3 Å². The largest absolute Gasteiger partial charge is 0.370 e. The average molecular weight is 539 g/mol. The van der Waals surface area contributed by atoms with Gasteiger partial charge in [0.15, 0.2) is 5.82 Å². The van der Waals surface area contributed by atoms with Crippen LogP contribution in [0.5, 0.6) is 0 Å². The molecule has 5 rings (SSSR count). The number of aryl methyl sites for hydroxylation is 2. The Morgan fingerprint density at radius 3 is 2.55 bits per heavy atom. The number of nitrogens with zero attached hydrogens (tertiary/aromatic N) is 5. The van der Waals surface area contributed by atoms with Crippen LogP contribution in [0.3, 0.4) is 0 Å². The number of amides is 1. The Hall–Kier alpha value is -3.17. The van der Waals surface area contributed by atoms with Gasteiger partial charge >= 0.3 is 0 Å². The molecule has 0 bridgehead atoms. The molecule has 1 aromatic carbocycles. The highest BCUT2D eigenvalue weighted by Gasteiger charge is 2.34. The van der Waals surface area contributed by atoms with E-state index in [4.69, 9.17) is 16.6 Å². The molecular weight excluding hydrogens is 504 g/mol. The van der Waals surface area contributed by atoms with Crippen LogP contribution < -0.4 is 5.32 Å². The zero-order chi connectivity index (χ0) is 26.6. The number of piperidine rings is 1. The summed E-state index contributed by atoms with van der Waals surface area (Å²) in [5, 5.41) is 14.6. The van der Waals surface area contributed by atoms with Crippen LogP contribution in [0.15, 0.2) is 48.5 Å². The third-order valence-electron chi connectivity index (χ3n) is 8.18. The molecule has 0 saturated carbocycles. The molecule has 1 amide bonds. The van der Waals surface area contributed by atoms with E-state index in [9.17, 15) is 14.9 Å². The lowest BCUT2D eigenvalue weighted by atomic mass is 9.92. The van der Waals surface area contributed by atoms with E-state index in [1.54, 1.807) is 7.05 Å². The molecule has 0 spiro atoms. The first-order valence-electron chi connectivity index (χ1n) is 13.4. The Bertz CT molecular complexity index is 1200. The lowest BCUT2D eigenvalue weighted by Crippen LogP contribution is -2.50. The van der Waals surface area contributed by atoms with Gasteiger partial charge in [-0.15, -0.1) is 0 Å². The molecule has 9 nitrogen and oxygen atoms in total. The van der Waals surface area contributed by atoms with Gasteiger partial charge in [-0.2, -0.15) is 0 Å². The van der Waals surface area contributed by atoms with Crippen molar-refractivity contribution in [1.29, 1.82) is 0 Å². The number of hydrogen-bond donors (Lipinski definition) is 1. The number of piperazine rings is 1. The molecule has 1 atom stereocenters. The van der Waals surface area contributed by atoms with Crippen molar-refractivity contribution < 1.29 is 9.72 Å². The Kier molecular flexibility index (Phi) is 8.14. The quantitative estimate of drug-likeness (QED) is 0.444. The Morgan fingerprint density at radius 1 is 1.11 bits per heavy atom. The number of aromatic nitrogens is 1. The zero-order valence-electron chi connectivity index (χ0n) is 21.8. The molecule has 1 aromatic heterocycles. The highest BCUT2D eigenvalue weighted by atomic mass is 35.5. The summed E-state index contributed by atoms with van der Waals surface area (Å²) in [7, 11) is 1.70. The molecule has 38 heavy (non-hydrogen) atoms. The number of nitro groups is 1. The van der Waals surface area contributed by atoms with Gasteiger partial charge in [0.2, 0.25) is 5.91 Å². The Morgan fingerprint density at radius 2 is 1.84 bits per heavy atom. The van der Waals surface area contributed by atoms with Crippen molar-refractivity contribution >= 4 is 17.5 Å². The molecule has 2 saturated heterocycles. The van der Waals surface area contributed by atoms with E-state index < -0.39 is 4.92 Å². The topological polar surface area (TPSA) is 94.8 Å². The molecule has 1 unspecified atom stereocenters. The molecule has 2 aromatic rings. The van der Waals surface area contributed by atoms with Crippen LogP contribution >= 0.6 is 11.6 Å². The van der Waals surface area contributed by atoms with Crippen LogP contribution in [0.1, 0.15) is 47.7 Å². The maximum Gasteiger partial charge on any atom is 0.274 e. The second kappa shape index (κ2) is 11.7. The number of hydrogen-bond acceptors (Lipinski definition) is 7. The van der Waals surface area contributed by atoms with Gasteiger partial charge in [0, 0.05) is 64.0 Å². The smallest absolute Gasteiger partial charge is 0.274 e. The lowest BCUT2D eigenvalue weighted by Gasteiger charge is -2.40. The normalized spacial score (nSPS) is 20.9. The standard InChI is InChI=1S/C28H35ClN6O3/c1-30-25(19-35(37)38)32-11-8-20(9-12-32)17-26(36)33-13-15-34(16-14-33)28-24-7-6-23(29)18-22(24)5-4-21-3-2-10-31-27(21)28/h2-3,6-7,10,18-20,28,30H,4-5,8-9,11-17H2,1H3/b25-19+.